The van der Waals surface area contributed by atoms with Gasteiger partial charge in [0, 0.05) is 12.5 Å². The van der Waals surface area contributed by atoms with Gasteiger partial charge < -0.3 is 15.4 Å². The summed E-state index contributed by atoms with van der Waals surface area (Å²) in [5.41, 5.74) is 0.896. The van der Waals surface area contributed by atoms with Crippen molar-refractivity contribution in [3.63, 3.8) is 0 Å². The van der Waals surface area contributed by atoms with Crippen molar-refractivity contribution in [1.82, 2.24) is 10.6 Å². The zero-order valence-corrected chi connectivity index (χ0v) is 15.0. The van der Waals surface area contributed by atoms with Gasteiger partial charge in [-0.25, -0.2) is 0 Å². The van der Waals surface area contributed by atoms with Gasteiger partial charge in [0.1, 0.15) is 0 Å². The van der Waals surface area contributed by atoms with E-state index in [0.717, 1.165) is 5.56 Å². The SMILES string of the molecule is CNCC(C)C(=O)NC(CC(=O)OC(C)C)c1ccccc1.Cl. The molecule has 2 N–H and O–H groups in total. The molecule has 23 heavy (non-hydrogen) atoms. The minimum atomic E-state index is -0.376. The van der Waals surface area contributed by atoms with E-state index in [1.165, 1.54) is 0 Å². The molecule has 1 rings (SSSR count). The molecular weight excluding hydrogens is 316 g/mol. The number of hydrogen-bond acceptors (Lipinski definition) is 4. The lowest BCUT2D eigenvalue weighted by Gasteiger charge is -2.21. The van der Waals surface area contributed by atoms with Crippen LogP contribution in [0.25, 0.3) is 0 Å². The van der Waals surface area contributed by atoms with Crippen molar-refractivity contribution < 1.29 is 14.3 Å². The summed E-state index contributed by atoms with van der Waals surface area (Å²) < 4.78 is 5.19. The average Bonchev–Trinajstić information content (AvgIpc) is 2.46. The van der Waals surface area contributed by atoms with Gasteiger partial charge in [-0.3, -0.25) is 9.59 Å². The molecule has 6 heteroatoms. The molecule has 0 aromatic heterocycles. The van der Waals surface area contributed by atoms with Gasteiger partial charge in [-0.15, -0.1) is 12.4 Å². The number of amides is 1. The molecule has 0 aliphatic heterocycles. The number of esters is 1. The van der Waals surface area contributed by atoms with Gasteiger partial charge in [-0.1, -0.05) is 37.3 Å². The van der Waals surface area contributed by atoms with Crippen LogP contribution in [0.4, 0.5) is 0 Å². The number of benzene rings is 1. The van der Waals surface area contributed by atoms with Crippen LogP contribution in [0, 0.1) is 5.92 Å². The lowest BCUT2D eigenvalue weighted by molar-refractivity contribution is -0.148. The Hall–Kier alpha value is -1.59. The van der Waals surface area contributed by atoms with Crippen molar-refractivity contribution >= 4 is 24.3 Å². The van der Waals surface area contributed by atoms with Gasteiger partial charge >= 0.3 is 5.97 Å². The number of ether oxygens (including phenoxy) is 1. The first kappa shape index (κ1) is 21.4. The maximum absolute atomic E-state index is 12.2. The highest BCUT2D eigenvalue weighted by atomic mass is 35.5. The molecule has 130 valence electrons. The topological polar surface area (TPSA) is 67.4 Å². The van der Waals surface area contributed by atoms with Crippen LogP contribution in [0.5, 0.6) is 0 Å². The van der Waals surface area contributed by atoms with Gasteiger partial charge in [-0.05, 0) is 26.5 Å². The van der Waals surface area contributed by atoms with Crippen molar-refractivity contribution in [2.45, 2.75) is 39.3 Å². The molecule has 1 amide bonds. The van der Waals surface area contributed by atoms with Crippen LogP contribution in [-0.4, -0.2) is 31.6 Å². The van der Waals surface area contributed by atoms with E-state index in [4.69, 9.17) is 4.74 Å². The van der Waals surface area contributed by atoms with E-state index < -0.39 is 0 Å². The molecule has 0 saturated heterocycles. The van der Waals surface area contributed by atoms with Crippen LogP contribution in [0.15, 0.2) is 30.3 Å². The molecule has 1 aromatic rings. The molecular formula is C17H27ClN2O3. The third-order valence-electron chi connectivity index (χ3n) is 3.21. The Balaban J connectivity index is 0.00000484. The lowest BCUT2D eigenvalue weighted by atomic mass is 10.0. The van der Waals surface area contributed by atoms with Gasteiger partial charge in [0.05, 0.1) is 18.6 Å². The molecule has 1 aromatic carbocycles. The van der Waals surface area contributed by atoms with Crippen molar-refractivity contribution in [1.29, 1.82) is 0 Å². The molecule has 0 aliphatic carbocycles. The average molecular weight is 343 g/mol. The zero-order chi connectivity index (χ0) is 16.5. The third kappa shape index (κ3) is 8.00. The summed E-state index contributed by atoms with van der Waals surface area (Å²) in [7, 11) is 1.80. The first-order chi connectivity index (χ1) is 10.4. The summed E-state index contributed by atoms with van der Waals surface area (Å²) in [6.45, 7) is 6.05. The Kier molecular flexibility index (Phi) is 10.3. The molecule has 0 aliphatic rings. The molecule has 0 fully saturated rings. The Morgan fingerprint density at radius 2 is 1.74 bits per heavy atom. The second kappa shape index (κ2) is 11.0. The number of carbonyl (C=O) groups excluding carboxylic acids is 2. The highest BCUT2D eigenvalue weighted by molar-refractivity contribution is 5.85. The predicted molar refractivity (Wildman–Crippen MR) is 93.5 cm³/mol. The fourth-order valence-electron chi connectivity index (χ4n) is 2.13. The maximum atomic E-state index is 12.2. The number of hydrogen-bond donors (Lipinski definition) is 2. The molecule has 0 spiro atoms. The number of carbonyl (C=O) groups is 2. The highest BCUT2D eigenvalue weighted by Crippen LogP contribution is 2.18. The maximum Gasteiger partial charge on any atom is 0.308 e. The molecule has 0 heterocycles. The van der Waals surface area contributed by atoms with Crippen LogP contribution in [-0.2, 0) is 14.3 Å². The lowest BCUT2D eigenvalue weighted by Crippen LogP contribution is -2.37. The number of rotatable bonds is 8. The fourth-order valence-corrected chi connectivity index (χ4v) is 2.13. The fraction of sp³-hybridized carbons (Fsp3) is 0.529. The van der Waals surface area contributed by atoms with Crippen LogP contribution in [0.3, 0.4) is 0 Å². The van der Waals surface area contributed by atoms with Gasteiger partial charge in [0.25, 0.3) is 0 Å². The van der Waals surface area contributed by atoms with E-state index in [9.17, 15) is 9.59 Å². The molecule has 0 radical (unpaired) electrons. The molecule has 2 unspecified atom stereocenters. The van der Waals surface area contributed by atoms with Gasteiger partial charge in [0.2, 0.25) is 5.91 Å². The van der Waals surface area contributed by atoms with Crippen LogP contribution in [0.2, 0.25) is 0 Å². The zero-order valence-electron chi connectivity index (χ0n) is 14.2. The Labute approximate surface area is 144 Å². The highest BCUT2D eigenvalue weighted by Gasteiger charge is 2.22. The predicted octanol–water partition coefficient (Wildman–Crippen LogP) is 2.46. The van der Waals surface area contributed by atoms with Crippen LogP contribution < -0.4 is 10.6 Å². The Morgan fingerprint density at radius 3 is 2.26 bits per heavy atom. The van der Waals surface area contributed by atoms with Crippen LogP contribution >= 0.6 is 12.4 Å². The van der Waals surface area contributed by atoms with E-state index in [1.807, 2.05) is 51.1 Å². The van der Waals surface area contributed by atoms with Crippen molar-refractivity contribution in [2.75, 3.05) is 13.6 Å². The van der Waals surface area contributed by atoms with E-state index in [1.54, 1.807) is 7.05 Å². The van der Waals surface area contributed by atoms with E-state index in [2.05, 4.69) is 10.6 Å². The van der Waals surface area contributed by atoms with E-state index in [0.29, 0.717) is 6.54 Å². The summed E-state index contributed by atoms with van der Waals surface area (Å²) >= 11 is 0. The van der Waals surface area contributed by atoms with E-state index in [-0.39, 0.29) is 48.8 Å². The smallest absolute Gasteiger partial charge is 0.308 e. The Morgan fingerprint density at radius 1 is 1.13 bits per heavy atom. The third-order valence-corrected chi connectivity index (χ3v) is 3.21. The molecule has 2 atom stereocenters. The quantitative estimate of drug-likeness (QED) is 0.712. The largest absolute Gasteiger partial charge is 0.463 e. The second-order valence-electron chi connectivity index (χ2n) is 5.67. The van der Waals surface area contributed by atoms with Crippen molar-refractivity contribution in [3.05, 3.63) is 35.9 Å². The molecule has 0 saturated carbocycles. The molecule has 5 nitrogen and oxygen atoms in total. The number of halogens is 1. The minimum Gasteiger partial charge on any atom is -0.463 e. The summed E-state index contributed by atoms with van der Waals surface area (Å²) in [5, 5.41) is 5.92. The van der Waals surface area contributed by atoms with Gasteiger partial charge in [-0.2, -0.15) is 0 Å². The summed E-state index contributed by atoms with van der Waals surface area (Å²) in [5.74, 6) is -0.566. The van der Waals surface area contributed by atoms with Gasteiger partial charge in [0.15, 0.2) is 0 Å². The minimum absolute atomic E-state index is 0. The second-order valence-corrected chi connectivity index (χ2v) is 5.67. The van der Waals surface area contributed by atoms with Crippen LogP contribution in [0.1, 0.15) is 38.8 Å². The van der Waals surface area contributed by atoms with Crippen molar-refractivity contribution in [2.24, 2.45) is 5.92 Å². The first-order valence-corrected chi connectivity index (χ1v) is 7.63. The first-order valence-electron chi connectivity index (χ1n) is 7.63. The van der Waals surface area contributed by atoms with E-state index >= 15 is 0 Å². The van der Waals surface area contributed by atoms with Crippen molar-refractivity contribution in [3.8, 4) is 0 Å². The summed E-state index contributed by atoms with van der Waals surface area (Å²) in [6.07, 6.45) is -0.0388. The Bertz CT molecular complexity index is 480. The number of nitrogens with one attached hydrogen (secondary N) is 2. The summed E-state index contributed by atoms with van der Waals surface area (Å²) in [4.78, 5) is 24.1. The molecule has 0 bridgehead atoms. The summed E-state index contributed by atoms with van der Waals surface area (Å²) in [6, 6.07) is 9.10. The normalized spacial score (nSPS) is 12.9. The standard InChI is InChI=1S/C17H26N2O3.ClH/c1-12(2)22-16(20)10-15(14-8-6-5-7-9-14)19-17(21)13(3)11-18-4;/h5-9,12-13,15,18H,10-11H2,1-4H3,(H,19,21);1H. The monoisotopic (exact) mass is 342 g/mol.